The van der Waals surface area contributed by atoms with Crippen molar-refractivity contribution in [3.05, 3.63) is 24.0 Å². The molecule has 4 rings (SSSR count). The monoisotopic (exact) mass is 311 g/mol. The van der Waals surface area contributed by atoms with Crippen molar-refractivity contribution in [2.75, 3.05) is 5.32 Å². The Bertz CT molecular complexity index is 912. The second kappa shape index (κ2) is 5.19. The standard InChI is InChI=1S/C16H17N5O2/c1-21-14-11(13(20-21)15(22)23)7-6-9-8-17-16(19-12(9)14)18-10-4-2-3-5-10/h6-8,10H,2-5H2,1H3,(H,22,23)(H,17,18,19). The van der Waals surface area contributed by atoms with Crippen molar-refractivity contribution < 1.29 is 9.90 Å². The zero-order chi connectivity index (χ0) is 16.0. The van der Waals surface area contributed by atoms with Gasteiger partial charge in [0.25, 0.3) is 0 Å². The lowest BCUT2D eigenvalue weighted by molar-refractivity contribution is 0.0691. The summed E-state index contributed by atoms with van der Waals surface area (Å²) in [5.74, 6) is -0.441. The maximum Gasteiger partial charge on any atom is 0.357 e. The summed E-state index contributed by atoms with van der Waals surface area (Å²) in [7, 11) is 1.74. The largest absolute Gasteiger partial charge is 0.476 e. The maximum atomic E-state index is 11.3. The summed E-state index contributed by atoms with van der Waals surface area (Å²) in [4.78, 5) is 20.3. The summed E-state index contributed by atoms with van der Waals surface area (Å²) in [6.45, 7) is 0. The third-order valence-corrected chi connectivity index (χ3v) is 4.45. The van der Waals surface area contributed by atoms with Crippen LogP contribution >= 0.6 is 0 Å². The zero-order valence-corrected chi connectivity index (χ0v) is 12.8. The van der Waals surface area contributed by atoms with Crippen molar-refractivity contribution >= 4 is 33.7 Å². The fourth-order valence-electron chi connectivity index (χ4n) is 3.34. The number of anilines is 1. The molecule has 1 saturated carbocycles. The second-order valence-corrected chi connectivity index (χ2v) is 6.00. The Morgan fingerprint density at radius 3 is 2.87 bits per heavy atom. The van der Waals surface area contributed by atoms with E-state index in [0.717, 1.165) is 29.3 Å². The number of rotatable bonds is 3. The average molecular weight is 311 g/mol. The molecule has 0 atom stereocenters. The van der Waals surface area contributed by atoms with Crippen molar-refractivity contribution in [2.45, 2.75) is 31.7 Å². The van der Waals surface area contributed by atoms with E-state index >= 15 is 0 Å². The van der Waals surface area contributed by atoms with E-state index in [1.807, 2.05) is 6.07 Å². The van der Waals surface area contributed by atoms with Gasteiger partial charge in [-0.1, -0.05) is 18.9 Å². The topological polar surface area (TPSA) is 92.9 Å². The summed E-state index contributed by atoms with van der Waals surface area (Å²) in [6, 6.07) is 4.03. The first-order valence-corrected chi connectivity index (χ1v) is 7.76. The number of benzene rings is 1. The lowest BCUT2D eigenvalue weighted by Crippen LogP contribution is -2.16. The van der Waals surface area contributed by atoms with Crippen LogP contribution in [0.15, 0.2) is 18.3 Å². The Kier molecular flexibility index (Phi) is 3.14. The van der Waals surface area contributed by atoms with E-state index in [2.05, 4.69) is 20.4 Å². The molecule has 0 bridgehead atoms. The van der Waals surface area contributed by atoms with Gasteiger partial charge in [0, 0.05) is 30.1 Å². The van der Waals surface area contributed by atoms with Crippen LogP contribution in [0, 0.1) is 0 Å². The molecular formula is C16H17N5O2. The zero-order valence-electron chi connectivity index (χ0n) is 12.8. The Morgan fingerprint density at radius 1 is 1.35 bits per heavy atom. The first-order chi connectivity index (χ1) is 11.1. The average Bonchev–Trinajstić information content (AvgIpc) is 3.15. The van der Waals surface area contributed by atoms with Crippen molar-refractivity contribution in [1.82, 2.24) is 19.7 Å². The molecule has 2 N–H and O–H groups in total. The molecule has 3 aromatic rings. The molecule has 118 valence electrons. The number of fused-ring (bicyclic) bond motifs is 3. The fourth-order valence-corrected chi connectivity index (χ4v) is 3.34. The third kappa shape index (κ3) is 2.28. The summed E-state index contributed by atoms with van der Waals surface area (Å²) >= 11 is 0. The number of hydrogen-bond acceptors (Lipinski definition) is 5. The minimum atomic E-state index is -1.03. The SMILES string of the molecule is Cn1nc(C(=O)O)c2ccc3cnc(NC4CCCC4)nc3c21. The van der Waals surface area contributed by atoms with Crippen molar-refractivity contribution in [1.29, 1.82) is 0 Å². The van der Waals surface area contributed by atoms with Crippen molar-refractivity contribution in [3.63, 3.8) is 0 Å². The number of carbonyl (C=O) groups is 1. The van der Waals surface area contributed by atoms with Crippen LogP contribution in [0.5, 0.6) is 0 Å². The normalized spacial score (nSPS) is 15.5. The summed E-state index contributed by atoms with van der Waals surface area (Å²) in [5, 5.41) is 18.2. The van der Waals surface area contributed by atoms with Gasteiger partial charge in [0.05, 0.1) is 5.52 Å². The van der Waals surface area contributed by atoms with Crippen LogP contribution < -0.4 is 5.32 Å². The lowest BCUT2D eigenvalue weighted by Gasteiger charge is -2.12. The van der Waals surface area contributed by atoms with E-state index in [-0.39, 0.29) is 5.69 Å². The van der Waals surface area contributed by atoms with Gasteiger partial charge in [-0.05, 0) is 18.9 Å². The predicted octanol–water partition coefficient (Wildman–Crippen LogP) is 2.57. The first kappa shape index (κ1) is 13.9. The van der Waals surface area contributed by atoms with Crippen LogP contribution in [-0.4, -0.2) is 36.9 Å². The highest BCUT2D eigenvalue weighted by Crippen LogP contribution is 2.27. The molecule has 2 heterocycles. The molecular weight excluding hydrogens is 294 g/mol. The van der Waals surface area contributed by atoms with Gasteiger partial charge in [0.2, 0.25) is 5.95 Å². The van der Waals surface area contributed by atoms with E-state index in [9.17, 15) is 9.90 Å². The molecule has 1 aliphatic rings. The van der Waals surface area contributed by atoms with E-state index in [1.165, 1.54) is 12.8 Å². The van der Waals surface area contributed by atoms with Gasteiger partial charge in [-0.15, -0.1) is 0 Å². The molecule has 0 saturated heterocycles. The van der Waals surface area contributed by atoms with Crippen LogP contribution in [0.1, 0.15) is 36.2 Å². The number of carboxylic acids is 1. The minimum absolute atomic E-state index is 0.0494. The number of nitrogens with one attached hydrogen (secondary N) is 1. The lowest BCUT2D eigenvalue weighted by atomic mass is 10.1. The van der Waals surface area contributed by atoms with Crippen LogP contribution in [-0.2, 0) is 7.05 Å². The molecule has 0 aliphatic heterocycles. The highest BCUT2D eigenvalue weighted by atomic mass is 16.4. The molecule has 0 spiro atoms. The summed E-state index contributed by atoms with van der Waals surface area (Å²) in [5.41, 5.74) is 1.49. The highest BCUT2D eigenvalue weighted by molar-refractivity contribution is 6.10. The maximum absolute atomic E-state index is 11.3. The van der Waals surface area contributed by atoms with Crippen LogP contribution in [0.4, 0.5) is 5.95 Å². The number of hydrogen-bond donors (Lipinski definition) is 2. The number of carboxylic acid groups (broad SMARTS) is 1. The molecule has 7 heteroatoms. The summed E-state index contributed by atoms with van der Waals surface area (Å²) in [6.07, 6.45) is 6.52. The van der Waals surface area contributed by atoms with Gasteiger partial charge < -0.3 is 10.4 Å². The number of nitrogens with zero attached hydrogens (tertiary/aromatic N) is 4. The molecule has 1 fully saturated rings. The predicted molar refractivity (Wildman–Crippen MR) is 86.6 cm³/mol. The molecule has 0 unspecified atom stereocenters. The van der Waals surface area contributed by atoms with Gasteiger partial charge in [-0.2, -0.15) is 5.10 Å². The van der Waals surface area contributed by atoms with Gasteiger partial charge in [0.1, 0.15) is 5.52 Å². The Balaban J connectivity index is 1.87. The quantitative estimate of drug-likeness (QED) is 0.772. The molecule has 1 aromatic carbocycles. The van der Waals surface area contributed by atoms with Gasteiger partial charge in [0.15, 0.2) is 5.69 Å². The van der Waals surface area contributed by atoms with Crippen LogP contribution in [0.3, 0.4) is 0 Å². The molecule has 7 nitrogen and oxygen atoms in total. The van der Waals surface area contributed by atoms with Crippen LogP contribution in [0.25, 0.3) is 21.8 Å². The second-order valence-electron chi connectivity index (χ2n) is 6.00. The first-order valence-electron chi connectivity index (χ1n) is 7.76. The number of aromatic carboxylic acids is 1. The summed E-state index contributed by atoms with van der Waals surface area (Å²) < 4.78 is 1.58. The van der Waals surface area contributed by atoms with Gasteiger partial charge in [-0.3, -0.25) is 4.68 Å². The van der Waals surface area contributed by atoms with Crippen molar-refractivity contribution in [2.24, 2.45) is 7.05 Å². The van der Waals surface area contributed by atoms with Crippen LogP contribution in [0.2, 0.25) is 0 Å². The number of aryl methyl sites for hydroxylation is 1. The Hall–Kier alpha value is -2.70. The highest BCUT2D eigenvalue weighted by Gasteiger charge is 2.19. The van der Waals surface area contributed by atoms with E-state index in [0.29, 0.717) is 17.4 Å². The minimum Gasteiger partial charge on any atom is -0.476 e. The molecule has 2 aromatic heterocycles. The molecule has 0 radical (unpaired) electrons. The van der Waals surface area contributed by atoms with Gasteiger partial charge in [-0.25, -0.2) is 14.8 Å². The van der Waals surface area contributed by atoms with E-state index < -0.39 is 5.97 Å². The van der Waals surface area contributed by atoms with E-state index in [1.54, 1.807) is 24.0 Å². The third-order valence-electron chi connectivity index (χ3n) is 4.45. The Morgan fingerprint density at radius 2 is 2.13 bits per heavy atom. The molecule has 1 aliphatic carbocycles. The van der Waals surface area contributed by atoms with Crippen molar-refractivity contribution in [3.8, 4) is 0 Å². The fraction of sp³-hybridized carbons (Fsp3) is 0.375. The smallest absolute Gasteiger partial charge is 0.357 e. The Labute approximate surface area is 132 Å². The van der Waals surface area contributed by atoms with E-state index in [4.69, 9.17) is 0 Å². The molecule has 23 heavy (non-hydrogen) atoms. The molecule has 0 amide bonds. The number of aromatic nitrogens is 4. The van der Waals surface area contributed by atoms with Gasteiger partial charge >= 0.3 is 5.97 Å².